The van der Waals surface area contributed by atoms with Crippen LogP contribution >= 0.6 is 27.5 Å². The van der Waals surface area contributed by atoms with E-state index in [-0.39, 0.29) is 29.3 Å². The number of hydrogen-bond donors (Lipinski definition) is 1. The predicted molar refractivity (Wildman–Crippen MR) is 138 cm³/mol. The summed E-state index contributed by atoms with van der Waals surface area (Å²) in [5.74, 6) is -1.71. The van der Waals surface area contributed by atoms with E-state index in [1.165, 1.54) is 7.11 Å². The molecule has 1 heterocycles. The summed E-state index contributed by atoms with van der Waals surface area (Å²) < 4.78 is 11.3. The molecule has 0 saturated carbocycles. The van der Waals surface area contributed by atoms with E-state index in [1.807, 2.05) is 24.3 Å². The topological polar surface area (TPSA) is 85.2 Å². The van der Waals surface area contributed by atoms with Crippen molar-refractivity contribution in [3.63, 3.8) is 0 Å². The zero-order valence-corrected chi connectivity index (χ0v) is 22.3. The molecule has 1 aliphatic carbocycles. The summed E-state index contributed by atoms with van der Waals surface area (Å²) in [5, 5.41) is 11.0. The fourth-order valence-electron chi connectivity index (χ4n) is 4.93. The number of nitrogens with zero attached hydrogens (tertiary/aromatic N) is 1. The van der Waals surface area contributed by atoms with Gasteiger partial charge in [0, 0.05) is 34.3 Å². The minimum absolute atomic E-state index is 0.0315. The van der Waals surface area contributed by atoms with E-state index in [4.69, 9.17) is 26.1 Å². The predicted octanol–water partition coefficient (Wildman–Crippen LogP) is 6.34. The van der Waals surface area contributed by atoms with Crippen molar-refractivity contribution in [2.24, 2.45) is 10.9 Å². The quantitative estimate of drug-likeness (QED) is 0.431. The second-order valence-electron chi connectivity index (χ2n) is 9.19. The molecule has 1 aliphatic heterocycles. The molecule has 4 rings (SSSR count). The van der Waals surface area contributed by atoms with E-state index in [9.17, 15) is 14.7 Å². The Morgan fingerprint density at radius 1 is 1.17 bits per heavy atom. The summed E-state index contributed by atoms with van der Waals surface area (Å²) >= 11 is 9.43. The van der Waals surface area contributed by atoms with Crippen LogP contribution in [0.4, 0.5) is 0 Å². The van der Waals surface area contributed by atoms with Crippen LogP contribution in [-0.2, 0) is 14.3 Å². The summed E-state index contributed by atoms with van der Waals surface area (Å²) in [4.78, 5) is 31.7. The van der Waals surface area contributed by atoms with E-state index >= 15 is 0 Å². The number of halogens is 2. The molecule has 8 heteroatoms. The first kappa shape index (κ1) is 25.5. The molecule has 6 nitrogen and oxygen atoms in total. The largest absolute Gasteiger partial charge is 0.503 e. The maximum absolute atomic E-state index is 13.7. The van der Waals surface area contributed by atoms with Crippen LogP contribution in [0.25, 0.3) is 0 Å². The van der Waals surface area contributed by atoms with Gasteiger partial charge in [0.1, 0.15) is 5.92 Å². The normalized spacial score (nSPS) is 22.1. The van der Waals surface area contributed by atoms with Gasteiger partial charge in [0.05, 0.1) is 17.7 Å². The Bertz CT molecular complexity index is 1230. The molecule has 0 bridgehead atoms. The number of rotatable bonds is 5. The molecule has 35 heavy (non-hydrogen) atoms. The zero-order chi connectivity index (χ0) is 25.4. The number of benzene rings is 2. The van der Waals surface area contributed by atoms with Gasteiger partial charge in [-0.1, -0.05) is 23.7 Å². The number of phenolic OH excluding ortho intramolecular Hbond substituents is 1. The van der Waals surface area contributed by atoms with Gasteiger partial charge in [-0.3, -0.25) is 14.6 Å². The van der Waals surface area contributed by atoms with E-state index in [1.54, 1.807) is 32.9 Å². The Kier molecular flexibility index (Phi) is 7.38. The summed E-state index contributed by atoms with van der Waals surface area (Å²) in [6.45, 7) is 5.37. The SMILES string of the molecule is COc1cc([C@@H]2C3=C(C[C@@H](c4ccc(Cl)cc4)CC3=O)N=C(C)C2C(=O)OC(C)C)cc(Br)c1O. The molecule has 0 spiro atoms. The second-order valence-corrected chi connectivity index (χ2v) is 10.5. The van der Waals surface area contributed by atoms with Crippen molar-refractivity contribution >= 4 is 45.0 Å². The van der Waals surface area contributed by atoms with Crippen molar-refractivity contribution in [1.82, 2.24) is 0 Å². The van der Waals surface area contributed by atoms with Crippen LogP contribution in [0, 0.1) is 5.92 Å². The van der Waals surface area contributed by atoms with Crippen LogP contribution in [0.15, 0.2) is 57.1 Å². The lowest BCUT2D eigenvalue weighted by Crippen LogP contribution is -2.38. The highest BCUT2D eigenvalue weighted by Crippen LogP contribution is 2.49. The fraction of sp³-hybridized carbons (Fsp3) is 0.370. The molecule has 2 aromatic rings. The number of esters is 1. The third-order valence-corrected chi connectivity index (χ3v) is 7.32. The number of ketones is 1. The van der Waals surface area contributed by atoms with Gasteiger partial charge >= 0.3 is 5.97 Å². The van der Waals surface area contributed by atoms with Crippen molar-refractivity contribution in [1.29, 1.82) is 0 Å². The number of aliphatic imine (C=N–C) groups is 1. The summed E-state index contributed by atoms with van der Waals surface area (Å²) in [7, 11) is 1.45. The number of hydrogen-bond acceptors (Lipinski definition) is 6. The number of carbonyl (C=O) groups excluding carboxylic acids is 2. The van der Waals surface area contributed by atoms with E-state index in [2.05, 4.69) is 15.9 Å². The first-order valence-electron chi connectivity index (χ1n) is 11.4. The Hall–Kier alpha value is -2.64. The number of phenols is 1. The van der Waals surface area contributed by atoms with Gasteiger partial charge in [-0.25, -0.2) is 0 Å². The summed E-state index contributed by atoms with van der Waals surface area (Å²) in [6, 6.07) is 10.9. The molecule has 1 unspecified atom stereocenters. The minimum atomic E-state index is -0.770. The van der Waals surface area contributed by atoms with Crippen molar-refractivity contribution in [3.05, 3.63) is 68.3 Å². The highest BCUT2D eigenvalue weighted by Gasteiger charge is 2.45. The molecule has 0 fully saturated rings. The monoisotopic (exact) mass is 559 g/mol. The molecule has 1 N–H and O–H groups in total. The molecule has 3 atom stereocenters. The van der Waals surface area contributed by atoms with Crippen LogP contribution in [-0.4, -0.2) is 35.8 Å². The number of carbonyl (C=O) groups is 2. The number of ether oxygens (including phenoxy) is 2. The maximum Gasteiger partial charge on any atom is 0.315 e. The molecular weight excluding hydrogens is 534 g/mol. The smallest absolute Gasteiger partial charge is 0.315 e. The van der Waals surface area contributed by atoms with Crippen molar-refractivity contribution < 1.29 is 24.2 Å². The third kappa shape index (κ3) is 5.02. The van der Waals surface area contributed by atoms with Gasteiger partial charge in [0.2, 0.25) is 0 Å². The Labute approximate surface area is 218 Å². The zero-order valence-electron chi connectivity index (χ0n) is 20.0. The lowest BCUT2D eigenvalue weighted by Gasteiger charge is -2.37. The number of aromatic hydroxyl groups is 1. The third-order valence-electron chi connectivity index (χ3n) is 6.47. The van der Waals surface area contributed by atoms with Crippen LogP contribution in [0.2, 0.25) is 5.02 Å². The molecule has 0 saturated heterocycles. The van der Waals surface area contributed by atoms with Gasteiger partial charge < -0.3 is 14.6 Å². The van der Waals surface area contributed by atoms with Gasteiger partial charge in [-0.2, -0.15) is 0 Å². The van der Waals surface area contributed by atoms with Crippen LogP contribution in [0.3, 0.4) is 0 Å². The highest BCUT2D eigenvalue weighted by atomic mass is 79.9. The first-order valence-corrected chi connectivity index (χ1v) is 12.6. The lowest BCUT2D eigenvalue weighted by atomic mass is 9.69. The van der Waals surface area contributed by atoms with Gasteiger partial charge in [-0.15, -0.1) is 0 Å². The van der Waals surface area contributed by atoms with Crippen LogP contribution in [0.5, 0.6) is 11.5 Å². The van der Waals surface area contributed by atoms with Crippen molar-refractivity contribution in [2.75, 3.05) is 7.11 Å². The first-order chi connectivity index (χ1) is 16.6. The average molecular weight is 561 g/mol. The Morgan fingerprint density at radius 3 is 2.49 bits per heavy atom. The summed E-state index contributed by atoms with van der Waals surface area (Å²) in [5.41, 5.74) is 3.48. The summed E-state index contributed by atoms with van der Waals surface area (Å²) in [6.07, 6.45) is 0.552. The molecule has 0 radical (unpaired) electrons. The average Bonchev–Trinajstić information content (AvgIpc) is 2.79. The molecule has 0 amide bonds. The maximum atomic E-state index is 13.7. The van der Waals surface area contributed by atoms with Crippen molar-refractivity contribution in [2.45, 2.75) is 51.6 Å². The van der Waals surface area contributed by atoms with Gasteiger partial charge in [0.25, 0.3) is 0 Å². The molecule has 184 valence electrons. The number of methoxy groups -OCH3 is 1. The molecular formula is C27H27BrClNO5. The van der Waals surface area contributed by atoms with Crippen LogP contribution in [0.1, 0.15) is 56.6 Å². The number of Topliss-reactive ketones (excluding diaryl/α,β-unsaturated/α-hetero) is 1. The second kappa shape index (κ2) is 10.2. The van der Waals surface area contributed by atoms with E-state index in [0.29, 0.717) is 44.9 Å². The fourth-order valence-corrected chi connectivity index (χ4v) is 5.52. The van der Waals surface area contributed by atoms with E-state index < -0.39 is 17.8 Å². The van der Waals surface area contributed by atoms with E-state index in [0.717, 1.165) is 5.56 Å². The van der Waals surface area contributed by atoms with Gasteiger partial charge in [0.15, 0.2) is 17.3 Å². The standard InChI is InChI=1S/C27H27BrClNO5/c1-13(2)35-27(33)23-14(3)30-20-10-16(15-5-7-18(29)8-6-15)11-21(31)25(20)24(23)17-9-19(28)26(32)22(12-17)34-4/h5-9,12-13,16,23-24,32H,10-11H2,1-4H3/t16-,23?,24+/m1/s1. The molecule has 0 aromatic heterocycles. The van der Waals surface area contributed by atoms with Crippen LogP contribution < -0.4 is 4.74 Å². The number of allylic oxidation sites excluding steroid dienone is 2. The molecule has 2 aliphatic rings. The van der Waals surface area contributed by atoms with Crippen molar-refractivity contribution in [3.8, 4) is 11.5 Å². The highest BCUT2D eigenvalue weighted by molar-refractivity contribution is 9.10. The minimum Gasteiger partial charge on any atom is -0.503 e. The Balaban J connectivity index is 1.85. The molecule has 2 aromatic carbocycles. The Morgan fingerprint density at radius 2 is 1.86 bits per heavy atom. The van der Waals surface area contributed by atoms with Gasteiger partial charge in [-0.05, 0) is 84.4 Å². The lowest BCUT2D eigenvalue weighted by molar-refractivity contribution is -0.150.